The normalized spacial score (nSPS) is 16.2. The van der Waals surface area contributed by atoms with Gasteiger partial charge in [0.1, 0.15) is 41.1 Å². The van der Waals surface area contributed by atoms with Crippen LogP contribution in [-0.4, -0.2) is 62.8 Å². The highest BCUT2D eigenvalue weighted by atomic mass is 32.2. The van der Waals surface area contributed by atoms with Crippen LogP contribution in [0.15, 0.2) is 192 Å². The molecular weight excluding hydrogens is 915 g/mol. The minimum absolute atomic E-state index is 0.0190. The maximum Gasteiger partial charge on any atom is 0.356 e. The number of thiazole rings is 1. The van der Waals surface area contributed by atoms with Crippen LogP contribution in [0.3, 0.4) is 0 Å². The number of hydrogen-bond donors (Lipinski definition) is 3. The van der Waals surface area contributed by atoms with Crippen LogP contribution in [0.5, 0.6) is 0 Å². The number of allylic oxidation sites excluding steroid dienone is 1. The number of thioether (sulfide) groups is 1. The summed E-state index contributed by atoms with van der Waals surface area (Å²) in [6, 6.07) is 51.0. The van der Waals surface area contributed by atoms with Gasteiger partial charge < -0.3 is 25.4 Å². The van der Waals surface area contributed by atoms with Crippen LogP contribution >= 0.6 is 35.7 Å². The van der Waals surface area contributed by atoms with Gasteiger partial charge in [-0.3, -0.25) is 14.5 Å². The summed E-state index contributed by atoms with van der Waals surface area (Å²) in [7, 11) is 1.32. The van der Waals surface area contributed by atoms with E-state index in [2.05, 4.69) is 69.9 Å². The minimum atomic E-state index is -1.06. The molecule has 1 fully saturated rings. The van der Waals surface area contributed by atoms with Crippen molar-refractivity contribution in [1.29, 1.82) is 0 Å². The standard InChI is InChI=1S/C52H43N7O6S3/c1-33-28-29-40(56-59(33)63)42(66)30-36-31-67-49-44(48(61)58(49)45(36)50(62)65-46(34-18-8-3-9-19-34)35-20-10-4-11-21-35)54-47(60)43(57-64-2)41-32-68-51(53-41)55-52(37-22-12-5-13-23-37,38-24-14-6-15-25-38)39-26-16-7-17-27-39/h3-30,32,44,46,49,66H,31H2,1-2H3,(H,53,55)(H,54,60). The van der Waals surface area contributed by atoms with Gasteiger partial charge in [-0.2, -0.15) is 0 Å². The molecule has 2 amide bonds. The van der Waals surface area contributed by atoms with Crippen molar-refractivity contribution in [3.63, 3.8) is 0 Å². The van der Waals surface area contributed by atoms with E-state index in [1.165, 1.54) is 35.1 Å². The molecular formula is C52H43N7O6S3. The number of esters is 1. The first-order valence-corrected chi connectivity index (χ1v) is 23.8. The molecule has 2 aliphatic rings. The molecule has 0 radical (unpaired) electrons. The Balaban J connectivity index is 1.01. The van der Waals surface area contributed by atoms with Crippen LogP contribution in [0.4, 0.5) is 5.13 Å². The Hall–Kier alpha value is -7.53. The van der Waals surface area contributed by atoms with E-state index in [0.29, 0.717) is 26.1 Å². The van der Waals surface area contributed by atoms with Gasteiger partial charge in [0, 0.05) is 34.1 Å². The number of aryl methyl sites for hydroxylation is 1. The molecule has 2 aromatic heterocycles. The molecule has 2 atom stereocenters. The van der Waals surface area contributed by atoms with E-state index in [9.17, 15) is 19.6 Å². The average Bonchev–Trinajstić information content (AvgIpc) is 3.85. The van der Waals surface area contributed by atoms with Gasteiger partial charge in [-0.15, -0.1) is 35.7 Å². The number of benzene rings is 5. The second-order valence-corrected chi connectivity index (χ2v) is 18.2. The van der Waals surface area contributed by atoms with Crippen molar-refractivity contribution in [1.82, 2.24) is 20.3 Å². The van der Waals surface area contributed by atoms with Crippen LogP contribution < -0.4 is 15.5 Å². The number of ether oxygens (including phenoxy) is 1. The first-order chi connectivity index (χ1) is 33.2. The predicted octanol–water partition coefficient (Wildman–Crippen LogP) is 8.19. The fourth-order valence-corrected chi connectivity index (χ4v) is 10.6. The number of hydrogen-bond acceptors (Lipinski definition) is 13. The number of aromatic nitrogens is 3. The van der Waals surface area contributed by atoms with Gasteiger partial charge in [0.2, 0.25) is 5.69 Å². The first kappa shape index (κ1) is 45.6. The lowest BCUT2D eigenvalue weighted by atomic mass is 9.77. The van der Waals surface area contributed by atoms with Gasteiger partial charge in [0.25, 0.3) is 11.8 Å². The van der Waals surface area contributed by atoms with Crippen molar-refractivity contribution in [2.24, 2.45) is 5.16 Å². The number of amides is 2. The number of nitrogens with zero attached hydrogens (tertiary/aromatic N) is 5. The lowest BCUT2D eigenvalue weighted by Crippen LogP contribution is -2.71. The second kappa shape index (κ2) is 20.1. The van der Waals surface area contributed by atoms with E-state index in [-0.39, 0.29) is 28.5 Å². The summed E-state index contributed by atoms with van der Waals surface area (Å²) >= 11 is 7.30. The smallest absolute Gasteiger partial charge is 0.356 e. The number of nitrogens with one attached hydrogen (secondary N) is 2. The minimum Gasteiger partial charge on any atom is -0.594 e. The fourth-order valence-electron chi connectivity index (χ4n) is 8.23. The van der Waals surface area contributed by atoms with Gasteiger partial charge in [-0.25, -0.2) is 9.78 Å². The van der Waals surface area contributed by atoms with Crippen LogP contribution in [0, 0.1) is 12.1 Å². The summed E-state index contributed by atoms with van der Waals surface area (Å²) in [5.41, 5.74) is 4.59. The van der Waals surface area contributed by atoms with Gasteiger partial charge >= 0.3 is 5.97 Å². The van der Waals surface area contributed by atoms with Crippen molar-refractivity contribution in [3.8, 4) is 0 Å². The Morgan fingerprint density at radius 1 is 0.838 bits per heavy atom. The zero-order valence-electron chi connectivity index (χ0n) is 36.6. The maximum absolute atomic E-state index is 14.7. The van der Waals surface area contributed by atoms with Gasteiger partial charge in [0.05, 0.1) is 0 Å². The summed E-state index contributed by atoms with van der Waals surface area (Å²) in [5.74, 6) is -1.81. The Bertz CT molecular complexity index is 2910. The molecule has 1 saturated heterocycles. The Labute approximate surface area is 406 Å². The lowest BCUT2D eigenvalue weighted by molar-refractivity contribution is -0.675. The Morgan fingerprint density at radius 3 is 1.91 bits per heavy atom. The van der Waals surface area contributed by atoms with E-state index in [1.807, 2.05) is 115 Å². The first-order valence-electron chi connectivity index (χ1n) is 21.5. The zero-order chi connectivity index (χ0) is 47.2. The molecule has 2 aliphatic heterocycles. The molecule has 0 spiro atoms. The molecule has 68 heavy (non-hydrogen) atoms. The highest BCUT2D eigenvalue weighted by molar-refractivity contribution is 8.00. The van der Waals surface area contributed by atoms with Gasteiger partial charge in [-0.05, 0) is 45.5 Å². The van der Waals surface area contributed by atoms with Crippen LogP contribution in [-0.2, 0) is 29.5 Å². The summed E-state index contributed by atoms with van der Waals surface area (Å²) in [4.78, 5) is 55.5. The topological polar surface area (TPSA) is 162 Å². The number of fused-ring (bicyclic) bond motifs is 1. The quantitative estimate of drug-likeness (QED) is 0.0134. The lowest BCUT2D eigenvalue weighted by Gasteiger charge is -2.49. The Kier molecular flexibility index (Phi) is 13.5. The molecule has 7 aromatic rings. The maximum atomic E-state index is 14.7. The van der Waals surface area contributed by atoms with Gasteiger partial charge in [-0.1, -0.05) is 162 Å². The number of thiol groups is 1. The summed E-state index contributed by atoms with van der Waals surface area (Å²) in [6.45, 7) is 1.63. The SMILES string of the molecule is CON=C(C(=O)NC1C(=O)N2C(C(=O)OC(c3ccccc3)c3ccccc3)=C(C=C(S)c3ccc(C)[n+]([O-])n3)CSC12)c1csc(NC(c2ccccc2)(c2ccccc2)c2ccccc2)n1. The Morgan fingerprint density at radius 2 is 1.38 bits per heavy atom. The van der Waals surface area contributed by atoms with E-state index in [0.717, 1.165) is 27.8 Å². The van der Waals surface area contributed by atoms with Crippen molar-refractivity contribution in [3.05, 3.63) is 237 Å². The van der Waals surface area contributed by atoms with E-state index < -0.39 is 40.8 Å². The summed E-state index contributed by atoms with van der Waals surface area (Å²) in [5, 5.41) is 28.7. The van der Waals surface area contributed by atoms with Crippen molar-refractivity contribution in [2.45, 2.75) is 30.0 Å². The van der Waals surface area contributed by atoms with Crippen molar-refractivity contribution in [2.75, 3.05) is 18.2 Å². The molecule has 4 heterocycles. The molecule has 13 nitrogen and oxygen atoms in total. The molecule has 0 bridgehead atoms. The van der Waals surface area contributed by atoms with Crippen LogP contribution in [0.2, 0.25) is 0 Å². The molecule has 0 aliphatic carbocycles. The number of carbonyl (C=O) groups is 3. The van der Waals surface area contributed by atoms with Crippen molar-refractivity contribution < 1.29 is 28.8 Å². The molecule has 2 N–H and O–H groups in total. The third-order valence-electron chi connectivity index (χ3n) is 11.5. The zero-order valence-corrected chi connectivity index (χ0v) is 39.2. The van der Waals surface area contributed by atoms with E-state index >= 15 is 0 Å². The molecule has 16 heteroatoms. The molecule has 0 saturated carbocycles. The van der Waals surface area contributed by atoms with Crippen molar-refractivity contribution >= 4 is 69.3 Å². The average molecular weight is 958 g/mol. The monoisotopic (exact) mass is 957 g/mol. The molecule has 5 aromatic carbocycles. The number of β-lactam (4-membered cyclic amide) rings is 1. The van der Waals surface area contributed by atoms with Crippen LogP contribution in [0.25, 0.3) is 4.91 Å². The second-order valence-electron chi connectivity index (χ2n) is 15.7. The third kappa shape index (κ3) is 9.13. The number of oxime groups is 1. The van der Waals surface area contributed by atoms with Crippen LogP contribution in [0.1, 0.15) is 51.0 Å². The number of carbonyl (C=O) groups excluding carboxylic acids is 3. The summed E-state index contributed by atoms with van der Waals surface area (Å²) < 4.78 is 6.32. The molecule has 340 valence electrons. The van der Waals surface area contributed by atoms with E-state index in [1.54, 1.807) is 30.5 Å². The predicted molar refractivity (Wildman–Crippen MR) is 266 cm³/mol. The molecule has 9 rings (SSSR count). The fraction of sp³-hybridized carbons (Fsp3) is 0.135. The summed E-state index contributed by atoms with van der Waals surface area (Å²) in [6.07, 6.45) is 0.791. The number of anilines is 1. The van der Waals surface area contributed by atoms with Gasteiger partial charge in [0.15, 0.2) is 16.9 Å². The largest absolute Gasteiger partial charge is 0.594 e. The highest BCUT2D eigenvalue weighted by Gasteiger charge is 2.55. The third-order valence-corrected chi connectivity index (χ3v) is 13.9. The molecule has 2 unspecified atom stereocenters. The number of rotatable bonds is 15. The highest BCUT2D eigenvalue weighted by Crippen LogP contribution is 2.44. The van der Waals surface area contributed by atoms with E-state index in [4.69, 9.17) is 14.6 Å².